The zero-order chi connectivity index (χ0) is 16.8. The van der Waals surface area contributed by atoms with Crippen LogP contribution in [0.1, 0.15) is 90.4 Å². The zero-order valence-corrected chi connectivity index (χ0v) is 14.9. The number of aliphatic hydroxyl groups excluding tert-OH is 1. The van der Waals surface area contributed by atoms with Gasteiger partial charge in [0.2, 0.25) is 0 Å². The summed E-state index contributed by atoms with van der Waals surface area (Å²) in [6.07, 6.45) is 15.4. The van der Waals surface area contributed by atoms with Crippen LogP contribution in [0, 0.1) is 0 Å². The lowest BCUT2D eigenvalue weighted by molar-refractivity contribution is -0.143. The molecule has 4 nitrogen and oxygen atoms in total. The molecule has 0 aromatic carbocycles. The summed E-state index contributed by atoms with van der Waals surface area (Å²) in [6.45, 7) is 2.78. The first-order valence-electron chi connectivity index (χ1n) is 9.70. The quantitative estimate of drug-likeness (QED) is 0.358. The fourth-order valence-corrected chi connectivity index (χ4v) is 3.09. The van der Waals surface area contributed by atoms with Crippen LogP contribution in [0.15, 0.2) is 0 Å². The SMILES string of the molecule is CCCCCCCCCCCCCCO[C@@H]1CC(=O)O[C@H]1CO. The minimum atomic E-state index is -0.458. The van der Waals surface area contributed by atoms with Crippen LogP contribution in [0.25, 0.3) is 0 Å². The number of esters is 1. The average molecular weight is 328 g/mol. The van der Waals surface area contributed by atoms with E-state index in [1.807, 2.05) is 0 Å². The molecule has 136 valence electrons. The predicted molar refractivity (Wildman–Crippen MR) is 92.4 cm³/mol. The number of carbonyl (C=O) groups excluding carboxylic acids is 1. The first-order chi connectivity index (χ1) is 11.3. The Labute approximate surface area is 141 Å². The Morgan fingerprint density at radius 3 is 2.00 bits per heavy atom. The van der Waals surface area contributed by atoms with E-state index in [1.54, 1.807) is 0 Å². The third-order valence-corrected chi connectivity index (χ3v) is 4.58. The fraction of sp³-hybridized carbons (Fsp3) is 0.947. The van der Waals surface area contributed by atoms with Crippen molar-refractivity contribution in [2.45, 2.75) is 103 Å². The van der Waals surface area contributed by atoms with Crippen molar-refractivity contribution < 1.29 is 19.4 Å². The molecule has 1 aliphatic rings. The molecule has 0 amide bonds. The van der Waals surface area contributed by atoms with E-state index in [9.17, 15) is 4.79 Å². The smallest absolute Gasteiger partial charge is 0.309 e. The van der Waals surface area contributed by atoms with Gasteiger partial charge in [0.05, 0.1) is 13.0 Å². The van der Waals surface area contributed by atoms with Gasteiger partial charge in [0.1, 0.15) is 6.10 Å². The maximum absolute atomic E-state index is 11.1. The molecule has 1 N–H and O–H groups in total. The van der Waals surface area contributed by atoms with Gasteiger partial charge in [-0.2, -0.15) is 0 Å². The first-order valence-corrected chi connectivity index (χ1v) is 9.70. The molecule has 1 rings (SSSR count). The van der Waals surface area contributed by atoms with E-state index in [1.165, 1.54) is 70.6 Å². The Hall–Kier alpha value is -0.610. The number of aliphatic hydroxyl groups is 1. The Bertz CT molecular complexity index is 293. The van der Waals surface area contributed by atoms with Gasteiger partial charge in [-0.05, 0) is 6.42 Å². The van der Waals surface area contributed by atoms with Crippen molar-refractivity contribution in [3.8, 4) is 0 Å². The second kappa shape index (κ2) is 13.8. The molecule has 0 spiro atoms. The highest BCUT2D eigenvalue weighted by molar-refractivity contribution is 5.72. The number of unbranched alkanes of at least 4 members (excludes halogenated alkanes) is 11. The lowest BCUT2D eigenvalue weighted by Crippen LogP contribution is -2.28. The molecule has 0 aliphatic carbocycles. The van der Waals surface area contributed by atoms with Gasteiger partial charge in [0.15, 0.2) is 6.10 Å². The Kier molecular flexibility index (Phi) is 12.3. The highest BCUT2D eigenvalue weighted by Crippen LogP contribution is 2.19. The molecule has 2 atom stereocenters. The molecule has 0 unspecified atom stereocenters. The van der Waals surface area contributed by atoms with E-state index >= 15 is 0 Å². The number of carbonyl (C=O) groups is 1. The van der Waals surface area contributed by atoms with Crippen molar-refractivity contribution >= 4 is 5.97 Å². The van der Waals surface area contributed by atoms with Crippen LogP contribution in [0.4, 0.5) is 0 Å². The second-order valence-electron chi connectivity index (χ2n) is 6.71. The van der Waals surface area contributed by atoms with E-state index in [-0.39, 0.29) is 25.1 Å². The summed E-state index contributed by atoms with van der Waals surface area (Å²) in [6, 6.07) is 0. The summed E-state index contributed by atoms with van der Waals surface area (Å²) in [4.78, 5) is 11.1. The van der Waals surface area contributed by atoms with E-state index < -0.39 is 6.10 Å². The number of cyclic esters (lactones) is 1. The topological polar surface area (TPSA) is 55.8 Å². The molecule has 23 heavy (non-hydrogen) atoms. The van der Waals surface area contributed by atoms with Crippen molar-refractivity contribution in [2.75, 3.05) is 13.2 Å². The van der Waals surface area contributed by atoms with Gasteiger partial charge in [0.25, 0.3) is 0 Å². The fourth-order valence-electron chi connectivity index (χ4n) is 3.09. The molecule has 0 radical (unpaired) electrons. The molecule has 1 saturated heterocycles. The normalized spacial score (nSPS) is 20.9. The van der Waals surface area contributed by atoms with Gasteiger partial charge in [-0.1, -0.05) is 77.6 Å². The van der Waals surface area contributed by atoms with Crippen LogP contribution in [0.5, 0.6) is 0 Å². The first kappa shape index (κ1) is 20.4. The summed E-state index contributed by atoms with van der Waals surface area (Å²) in [5.41, 5.74) is 0. The van der Waals surface area contributed by atoms with E-state index in [4.69, 9.17) is 14.6 Å². The molecule has 1 aliphatic heterocycles. The Balaban J connectivity index is 1.80. The maximum Gasteiger partial charge on any atom is 0.309 e. The summed E-state index contributed by atoms with van der Waals surface area (Å²) < 4.78 is 10.6. The molecule has 1 fully saturated rings. The van der Waals surface area contributed by atoms with Crippen molar-refractivity contribution in [2.24, 2.45) is 0 Å². The average Bonchev–Trinajstić information content (AvgIpc) is 2.91. The molecule has 1 heterocycles. The highest BCUT2D eigenvalue weighted by atomic mass is 16.6. The van der Waals surface area contributed by atoms with Crippen LogP contribution in [0.2, 0.25) is 0 Å². The van der Waals surface area contributed by atoms with Gasteiger partial charge >= 0.3 is 5.97 Å². The zero-order valence-electron chi connectivity index (χ0n) is 14.9. The number of hydrogen-bond donors (Lipinski definition) is 1. The van der Waals surface area contributed by atoms with Crippen LogP contribution >= 0.6 is 0 Å². The van der Waals surface area contributed by atoms with Gasteiger partial charge in [-0.3, -0.25) is 4.79 Å². The highest BCUT2D eigenvalue weighted by Gasteiger charge is 2.34. The van der Waals surface area contributed by atoms with Crippen LogP contribution in [-0.2, 0) is 14.3 Å². The summed E-state index contributed by atoms with van der Waals surface area (Å²) in [7, 11) is 0. The maximum atomic E-state index is 11.1. The van der Waals surface area contributed by atoms with Crippen LogP contribution < -0.4 is 0 Å². The van der Waals surface area contributed by atoms with Crippen molar-refractivity contribution in [3.05, 3.63) is 0 Å². The summed E-state index contributed by atoms with van der Waals surface area (Å²) >= 11 is 0. The van der Waals surface area contributed by atoms with E-state index in [2.05, 4.69) is 6.92 Å². The lowest BCUT2D eigenvalue weighted by atomic mass is 10.1. The summed E-state index contributed by atoms with van der Waals surface area (Å²) in [5.74, 6) is -0.260. The molecular weight excluding hydrogens is 292 g/mol. The van der Waals surface area contributed by atoms with Gasteiger partial charge in [0, 0.05) is 6.61 Å². The standard InChI is InChI=1S/C19H36O4/c1-2-3-4-5-6-7-8-9-10-11-12-13-14-22-17-15-19(21)23-18(17)16-20/h17-18,20H,2-16H2,1H3/t17-,18+/m1/s1. The number of hydrogen-bond acceptors (Lipinski definition) is 4. The third-order valence-electron chi connectivity index (χ3n) is 4.58. The predicted octanol–water partition coefficient (Wildman–Crippen LogP) is 4.38. The molecule has 0 aromatic heterocycles. The minimum Gasteiger partial charge on any atom is -0.457 e. The largest absolute Gasteiger partial charge is 0.457 e. The molecule has 4 heteroatoms. The van der Waals surface area contributed by atoms with Crippen molar-refractivity contribution in [1.82, 2.24) is 0 Å². The number of rotatable bonds is 15. The van der Waals surface area contributed by atoms with Gasteiger partial charge in [-0.15, -0.1) is 0 Å². The van der Waals surface area contributed by atoms with Crippen molar-refractivity contribution in [1.29, 1.82) is 0 Å². The molecule has 0 saturated carbocycles. The number of ether oxygens (including phenoxy) is 2. The molecule has 0 aromatic rings. The van der Waals surface area contributed by atoms with Crippen LogP contribution in [0.3, 0.4) is 0 Å². The van der Waals surface area contributed by atoms with E-state index in [0.717, 1.165) is 6.42 Å². The summed E-state index contributed by atoms with van der Waals surface area (Å²) in [5, 5.41) is 9.10. The minimum absolute atomic E-state index is 0.144. The Morgan fingerprint density at radius 2 is 1.48 bits per heavy atom. The van der Waals surface area contributed by atoms with Crippen LogP contribution in [-0.4, -0.2) is 36.5 Å². The third kappa shape index (κ3) is 9.98. The Morgan fingerprint density at radius 1 is 0.957 bits per heavy atom. The lowest BCUT2D eigenvalue weighted by Gasteiger charge is -2.15. The van der Waals surface area contributed by atoms with Gasteiger partial charge in [-0.25, -0.2) is 0 Å². The monoisotopic (exact) mass is 328 g/mol. The second-order valence-corrected chi connectivity index (χ2v) is 6.71. The van der Waals surface area contributed by atoms with Crippen molar-refractivity contribution in [3.63, 3.8) is 0 Å². The van der Waals surface area contributed by atoms with Gasteiger partial charge < -0.3 is 14.6 Å². The molecule has 0 bridgehead atoms. The van der Waals surface area contributed by atoms with E-state index in [0.29, 0.717) is 6.61 Å². The molecular formula is C19H36O4.